The number of benzene rings is 2. The van der Waals surface area contributed by atoms with Crippen LogP contribution in [0.25, 0.3) is 0 Å². The van der Waals surface area contributed by atoms with E-state index >= 15 is 0 Å². The molecule has 0 spiro atoms. The van der Waals surface area contributed by atoms with E-state index in [0.29, 0.717) is 0 Å². The average molecular weight is 295 g/mol. The summed E-state index contributed by atoms with van der Waals surface area (Å²) in [4.78, 5) is 2.46. The van der Waals surface area contributed by atoms with Crippen LogP contribution in [0.2, 0.25) is 0 Å². The Morgan fingerprint density at radius 2 is 1.41 bits per heavy atom. The minimum Gasteiger partial charge on any atom is -0.385 e. The van der Waals surface area contributed by atoms with Crippen molar-refractivity contribution in [2.45, 2.75) is 26.0 Å². The Kier molecular flexibility index (Phi) is 4.32. The highest BCUT2D eigenvalue weighted by Gasteiger charge is 2.45. The molecule has 2 unspecified atom stereocenters. The van der Waals surface area contributed by atoms with Crippen LogP contribution in [0.1, 0.15) is 25.0 Å². The fraction of sp³-hybridized carbons (Fsp3) is 0.400. The van der Waals surface area contributed by atoms with Gasteiger partial charge in [-0.25, -0.2) is 0 Å². The van der Waals surface area contributed by atoms with Crippen LogP contribution in [-0.4, -0.2) is 23.1 Å². The van der Waals surface area contributed by atoms with Gasteiger partial charge in [0.05, 0.1) is 5.60 Å². The fourth-order valence-corrected chi connectivity index (χ4v) is 3.86. The first-order chi connectivity index (χ1) is 10.6. The molecule has 2 heteroatoms. The predicted octanol–water partition coefficient (Wildman–Crippen LogP) is 3.66. The number of hydrogen-bond donors (Lipinski definition) is 1. The van der Waals surface area contributed by atoms with E-state index in [-0.39, 0.29) is 11.8 Å². The highest BCUT2D eigenvalue weighted by Crippen LogP contribution is 2.41. The first-order valence-electron chi connectivity index (χ1n) is 8.15. The second kappa shape index (κ2) is 6.23. The summed E-state index contributed by atoms with van der Waals surface area (Å²) >= 11 is 0. The van der Waals surface area contributed by atoms with Gasteiger partial charge in [0.25, 0.3) is 0 Å². The van der Waals surface area contributed by atoms with Gasteiger partial charge < -0.3 is 5.11 Å². The van der Waals surface area contributed by atoms with Crippen molar-refractivity contribution in [1.29, 1.82) is 0 Å². The lowest BCUT2D eigenvalue weighted by Crippen LogP contribution is -2.54. The first kappa shape index (κ1) is 15.3. The van der Waals surface area contributed by atoms with Crippen LogP contribution in [0.15, 0.2) is 60.7 Å². The Hall–Kier alpha value is -1.64. The van der Waals surface area contributed by atoms with Crippen molar-refractivity contribution >= 4 is 0 Å². The fourth-order valence-electron chi connectivity index (χ4n) is 3.86. The van der Waals surface area contributed by atoms with Gasteiger partial charge in [-0.15, -0.1) is 0 Å². The average Bonchev–Trinajstić information content (AvgIpc) is 2.54. The number of rotatable bonds is 3. The molecule has 2 aromatic carbocycles. The van der Waals surface area contributed by atoms with E-state index in [1.54, 1.807) is 0 Å². The smallest absolute Gasteiger partial charge is 0.0971 e. The predicted molar refractivity (Wildman–Crippen MR) is 90.4 cm³/mol. The molecule has 1 aliphatic rings. The topological polar surface area (TPSA) is 23.5 Å². The van der Waals surface area contributed by atoms with E-state index in [9.17, 15) is 5.11 Å². The molecule has 116 valence electrons. The van der Waals surface area contributed by atoms with Gasteiger partial charge in [-0.05, 0) is 11.1 Å². The Bertz CT molecular complexity index is 584. The van der Waals surface area contributed by atoms with E-state index in [0.717, 1.165) is 25.2 Å². The molecule has 2 nitrogen and oxygen atoms in total. The summed E-state index contributed by atoms with van der Waals surface area (Å²) in [5.41, 5.74) is 1.66. The van der Waals surface area contributed by atoms with E-state index < -0.39 is 5.60 Å². The molecular formula is C20H25NO. The summed E-state index contributed by atoms with van der Waals surface area (Å²) in [6.07, 6.45) is 0. The van der Waals surface area contributed by atoms with Crippen LogP contribution in [0.5, 0.6) is 0 Å². The molecule has 3 rings (SSSR count). The largest absolute Gasteiger partial charge is 0.385 e. The van der Waals surface area contributed by atoms with Gasteiger partial charge in [0.15, 0.2) is 0 Å². The third kappa shape index (κ3) is 2.81. The zero-order valence-corrected chi connectivity index (χ0v) is 13.4. The van der Waals surface area contributed by atoms with Crippen molar-refractivity contribution in [3.63, 3.8) is 0 Å². The number of nitrogens with zero attached hydrogens (tertiary/aromatic N) is 1. The van der Waals surface area contributed by atoms with Gasteiger partial charge in [-0.3, -0.25) is 4.90 Å². The Labute approximate surface area is 133 Å². The lowest BCUT2D eigenvalue weighted by Gasteiger charge is -2.48. The summed E-state index contributed by atoms with van der Waals surface area (Å²) in [7, 11) is 0. The van der Waals surface area contributed by atoms with Crippen molar-refractivity contribution in [3.05, 3.63) is 71.8 Å². The minimum atomic E-state index is -0.728. The maximum atomic E-state index is 11.3. The van der Waals surface area contributed by atoms with Gasteiger partial charge in [-0.2, -0.15) is 0 Å². The number of aliphatic hydroxyl groups is 1. The highest BCUT2D eigenvalue weighted by molar-refractivity contribution is 5.25. The molecule has 1 saturated heterocycles. The molecule has 0 aliphatic carbocycles. The molecule has 2 aromatic rings. The van der Waals surface area contributed by atoms with Crippen molar-refractivity contribution in [1.82, 2.24) is 4.90 Å². The molecule has 0 saturated carbocycles. The summed E-state index contributed by atoms with van der Waals surface area (Å²) in [6, 6.07) is 20.7. The molecule has 1 fully saturated rings. The van der Waals surface area contributed by atoms with Crippen molar-refractivity contribution in [2.24, 2.45) is 11.8 Å². The van der Waals surface area contributed by atoms with Crippen molar-refractivity contribution < 1.29 is 5.11 Å². The SMILES string of the molecule is CC1CN(Cc2ccccc2)CC(C)C1(O)c1ccccc1. The number of hydrogen-bond acceptors (Lipinski definition) is 2. The van der Waals surface area contributed by atoms with Crippen molar-refractivity contribution in [3.8, 4) is 0 Å². The quantitative estimate of drug-likeness (QED) is 0.934. The van der Waals surface area contributed by atoms with Crippen LogP contribution in [0.3, 0.4) is 0 Å². The normalized spacial score (nSPS) is 29.4. The van der Waals surface area contributed by atoms with Gasteiger partial charge in [0, 0.05) is 31.5 Å². The highest BCUT2D eigenvalue weighted by atomic mass is 16.3. The van der Waals surface area contributed by atoms with Gasteiger partial charge in [0.2, 0.25) is 0 Å². The summed E-state index contributed by atoms with van der Waals surface area (Å²) in [6.45, 7) is 7.14. The van der Waals surface area contributed by atoms with Crippen LogP contribution < -0.4 is 0 Å². The molecule has 1 heterocycles. The first-order valence-corrected chi connectivity index (χ1v) is 8.15. The van der Waals surface area contributed by atoms with Crippen LogP contribution in [-0.2, 0) is 12.1 Å². The standard InChI is InChI=1S/C20H25NO/c1-16-13-21(15-18-9-5-3-6-10-18)14-17(2)20(16,22)19-11-7-4-8-12-19/h3-12,16-17,22H,13-15H2,1-2H3. The number of piperidine rings is 1. The maximum Gasteiger partial charge on any atom is 0.0971 e. The Morgan fingerprint density at radius 3 is 1.95 bits per heavy atom. The molecule has 1 aliphatic heterocycles. The summed E-state index contributed by atoms with van der Waals surface area (Å²) in [5, 5.41) is 11.3. The molecule has 0 aromatic heterocycles. The third-order valence-corrected chi connectivity index (χ3v) is 5.05. The third-order valence-electron chi connectivity index (χ3n) is 5.05. The molecule has 1 N–H and O–H groups in total. The second-order valence-electron chi connectivity index (χ2n) is 6.67. The summed E-state index contributed by atoms with van der Waals surface area (Å²) < 4.78 is 0. The Balaban J connectivity index is 1.77. The lowest BCUT2D eigenvalue weighted by atomic mass is 9.71. The van der Waals surface area contributed by atoms with E-state index in [2.05, 4.69) is 61.2 Å². The monoisotopic (exact) mass is 295 g/mol. The van der Waals surface area contributed by atoms with E-state index in [4.69, 9.17) is 0 Å². The molecular weight excluding hydrogens is 270 g/mol. The van der Waals surface area contributed by atoms with Crippen LogP contribution >= 0.6 is 0 Å². The Morgan fingerprint density at radius 1 is 0.909 bits per heavy atom. The molecule has 22 heavy (non-hydrogen) atoms. The van der Waals surface area contributed by atoms with Crippen LogP contribution in [0.4, 0.5) is 0 Å². The summed E-state index contributed by atoms with van der Waals surface area (Å²) in [5.74, 6) is 0.421. The second-order valence-corrected chi connectivity index (χ2v) is 6.67. The molecule has 0 radical (unpaired) electrons. The zero-order valence-electron chi connectivity index (χ0n) is 13.4. The van der Waals surface area contributed by atoms with Gasteiger partial charge in [0.1, 0.15) is 0 Å². The van der Waals surface area contributed by atoms with Crippen molar-refractivity contribution in [2.75, 3.05) is 13.1 Å². The van der Waals surface area contributed by atoms with E-state index in [1.807, 2.05) is 18.2 Å². The number of likely N-dealkylation sites (tertiary alicyclic amines) is 1. The molecule has 0 bridgehead atoms. The minimum absolute atomic E-state index is 0.211. The maximum absolute atomic E-state index is 11.3. The van der Waals surface area contributed by atoms with Gasteiger partial charge >= 0.3 is 0 Å². The lowest BCUT2D eigenvalue weighted by molar-refractivity contribution is -0.114. The zero-order chi connectivity index (χ0) is 15.6. The molecule has 0 amide bonds. The van der Waals surface area contributed by atoms with E-state index in [1.165, 1.54) is 5.56 Å². The van der Waals surface area contributed by atoms with Gasteiger partial charge in [-0.1, -0.05) is 74.5 Å². The molecule has 2 atom stereocenters. The van der Waals surface area contributed by atoms with Crippen LogP contribution in [0, 0.1) is 11.8 Å².